The summed E-state index contributed by atoms with van der Waals surface area (Å²) in [6, 6.07) is 0.808. The highest BCUT2D eigenvalue weighted by molar-refractivity contribution is 5.66. The molecule has 0 amide bonds. The van der Waals surface area contributed by atoms with Crippen molar-refractivity contribution in [2.75, 3.05) is 32.7 Å². The molecule has 98 valence electrons. The zero-order valence-electron chi connectivity index (χ0n) is 10.6. The Balaban J connectivity index is 1.56. The summed E-state index contributed by atoms with van der Waals surface area (Å²) >= 11 is 0. The molecule has 0 aromatic heterocycles. The molecule has 4 nitrogen and oxygen atoms in total. The van der Waals surface area contributed by atoms with E-state index in [1.165, 1.54) is 39.0 Å². The molecular weight excluding hydrogens is 216 g/mol. The number of piperazine rings is 1. The van der Waals surface area contributed by atoms with E-state index >= 15 is 0 Å². The number of carbonyl (C=O) groups is 1. The molecule has 2 fully saturated rings. The Labute approximate surface area is 104 Å². The van der Waals surface area contributed by atoms with Crippen LogP contribution in [0.25, 0.3) is 0 Å². The van der Waals surface area contributed by atoms with Crippen LogP contribution in [0.5, 0.6) is 0 Å². The standard InChI is InChI=1S/C13H24N2O2/c16-13(17)6-2-1-3-7-14-9-10-15-8-4-5-12(15)11-14/h12H,1-11H2,(H,16,17). The first kappa shape index (κ1) is 12.8. The van der Waals surface area contributed by atoms with Gasteiger partial charge >= 0.3 is 5.97 Å². The molecular formula is C13H24N2O2. The number of carboxylic acids is 1. The molecule has 2 heterocycles. The second-order valence-corrected chi connectivity index (χ2v) is 5.34. The van der Waals surface area contributed by atoms with E-state index in [1.807, 2.05) is 0 Å². The van der Waals surface area contributed by atoms with Crippen LogP contribution in [0.2, 0.25) is 0 Å². The van der Waals surface area contributed by atoms with E-state index in [9.17, 15) is 4.79 Å². The number of hydrogen-bond acceptors (Lipinski definition) is 3. The summed E-state index contributed by atoms with van der Waals surface area (Å²) in [7, 11) is 0. The smallest absolute Gasteiger partial charge is 0.303 e. The van der Waals surface area contributed by atoms with Crippen LogP contribution in [0.3, 0.4) is 0 Å². The van der Waals surface area contributed by atoms with Crippen LogP contribution >= 0.6 is 0 Å². The lowest BCUT2D eigenvalue weighted by atomic mass is 10.1. The van der Waals surface area contributed by atoms with Crippen LogP contribution in [-0.2, 0) is 4.79 Å². The highest BCUT2D eigenvalue weighted by atomic mass is 16.4. The maximum absolute atomic E-state index is 10.4. The molecule has 17 heavy (non-hydrogen) atoms. The van der Waals surface area contributed by atoms with Gasteiger partial charge in [-0.25, -0.2) is 0 Å². The molecule has 0 aromatic rings. The number of carboxylic acid groups (broad SMARTS) is 1. The SMILES string of the molecule is O=C(O)CCCCCN1CCN2CCCC2C1. The number of nitrogens with zero attached hydrogens (tertiary/aromatic N) is 2. The van der Waals surface area contributed by atoms with Gasteiger partial charge in [-0.3, -0.25) is 9.69 Å². The third kappa shape index (κ3) is 3.96. The van der Waals surface area contributed by atoms with Gasteiger partial charge in [-0.2, -0.15) is 0 Å². The molecule has 0 bridgehead atoms. The van der Waals surface area contributed by atoms with Crippen molar-refractivity contribution in [1.82, 2.24) is 9.80 Å². The van der Waals surface area contributed by atoms with Gasteiger partial charge < -0.3 is 10.0 Å². The number of aliphatic carboxylic acids is 1. The Morgan fingerprint density at radius 2 is 2.06 bits per heavy atom. The van der Waals surface area contributed by atoms with Crippen LogP contribution in [-0.4, -0.2) is 59.6 Å². The molecule has 1 unspecified atom stereocenters. The van der Waals surface area contributed by atoms with Crippen LogP contribution in [0, 0.1) is 0 Å². The van der Waals surface area contributed by atoms with Gasteiger partial charge in [0.25, 0.3) is 0 Å². The molecule has 4 heteroatoms. The van der Waals surface area contributed by atoms with Gasteiger partial charge in [0.2, 0.25) is 0 Å². The molecule has 0 aliphatic carbocycles. The first-order valence-electron chi connectivity index (χ1n) is 6.94. The molecule has 0 saturated carbocycles. The number of unbranched alkanes of at least 4 members (excludes halogenated alkanes) is 2. The maximum Gasteiger partial charge on any atom is 0.303 e. The average Bonchev–Trinajstić information content (AvgIpc) is 2.75. The third-order valence-electron chi connectivity index (χ3n) is 4.04. The van der Waals surface area contributed by atoms with Gasteiger partial charge in [-0.05, 0) is 38.8 Å². The Bertz CT molecular complexity index is 258. The van der Waals surface area contributed by atoms with Crippen LogP contribution < -0.4 is 0 Å². The number of rotatable bonds is 6. The summed E-state index contributed by atoms with van der Waals surface area (Å²) < 4.78 is 0. The molecule has 2 aliphatic heterocycles. The summed E-state index contributed by atoms with van der Waals surface area (Å²) in [5.41, 5.74) is 0. The van der Waals surface area contributed by atoms with Crippen molar-refractivity contribution in [3.05, 3.63) is 0 Å². The fraction of sp³-hybridized carbons (Fsp3) is 0.923. The van der Waals surface area contributed by atoms with Crippen molar-refractivity contribution in [2.45, 2.75) is 44.6 Å². The Morgan fingerprint density at radius 1 is 1.18 bits per heavy atom. The summed E-state index contributed by atoms with van der Waals surface area (Å²) in [4.78, 5) is 15.6. The zero-order valence-corrected chi connectivity index (χ0v) is 10.6. The van der Waals surface area contributed by atoms with Crippen LogP contribution in [0.4, 0.5) is 0 Å². The Kier molecular flexibility index (Phi) is 4.80. The van der Waals surface area contributed by atoms with Gasteiger partial charge in [0.15, 0.2) is 0 Å². The lowest BCUT2D eigenvalue weighted by molar-refractivity contribution is -0.137. The molecule has 2 rings (SSSR count). The third-order valence-corrected chi connectivity index (χ3v) is 4.04. The highest BCUT2D eigenvalue weighted by Gasteiger charge is 2.29. The molecule has 0 spiro atoms. The zero-order chi connectivity index (χ0) is 12.1. The number of hydrogen-bond donors (Lipinski definition) is 1. The lowest BCUT2D eigenvalue weighted by Gasteiger charge is -2.37. The highest BCUT2D eigenvalue weighted by Crippen LogP contribution is 2.21. The van der Waals surface area contributed by atoms with Crippen molar-refractivity contribution in [3.63, 3.8) is 0 Å². The normalized spacial score (nSPS) is 26.0. The van der Waals surface area contributed by atoms with Crippen molar-refractivity contribution >= 4 is 5.97 Å². The molecule has 0 radical (unpaired) electrons. The summed E-state index contributed by atoms with van der Waals surface area (Å²) in [6.07, 6.45) is 6.11. The summed E-state index contributed by atoms with van der Waals surface area (Å²) in [6.45, 7) is 6.13. The van der Waals surface area contributed by atoms with E-state index in [2.05, 4.69) is 9.80 Å². The Hall–Kier alpha value is -0.610. The van der Waals surface area contributed by atoms with Crippen molar-refractivity contribution in [3.8, 4) is 0 Å². The minimum absolute atomic E-state index is 0.330. The average molecular weight is 240 g/mol. The van der Waals surface area contributed by atoms with Gasteiger partial charge in [-0.15, -0.1) is 0 Å². The molecule has 2 aliphatic rings. The van der Waals surface area contributed by atoms with Crippen molar-refractivity contribution in [2.24, 2.45) is 0 Å². The van der Waals surface area contributed by atoms with E-state index < -0.39 is 5.97 Å². The maximum atomic E-state index is 10.4. The van der Waals surface area contributed by atoms with E-state index in [1.54, 1.807) is 0 Å². The lowest BCUT2D eigenvalue weighted by Crippen LogP contribution is -2.50. The van der Waals surface area contributed by atoms with Gasteiger partial charge in [0.1, 0.15) is 0 Å². The molecule has 0 aromatic carbocycles. The molecule has 1 N–H and O–H groups in total. The van der Waals surface area contributed by atoms with Crippen LogP contribution in [0.15, 0.2) is 0 Å². The van der Waals surface area contributed by atoms with E-state index in [0.29, 0.717) is 6.42 Å². The molecule has 2 saturated heterocycles. The van der Waals surface area contributed by atoms with E-state index in [4.69, 9.17) is 5.11 Å². The van der Waals surface area contributed by atoms with Gasteiger partial charge in [-0.1, -0.05) is 6.42 Å². The second-order valence-electron chi connectivity index (χ2n) is 5.34. The monoisotopic (exact) mass is 240 g/mol. The fourth-order valence-electron chi connectivity index (χ4n) is 3.05. The minimum atomic E-state index is -0.662. The predicted octanol–water partition coefficient (Wildman–Crippen LogP) is 1.41. The minimum Gasteiger partial charge on any atom is -0.481 e. The van der Waals surface area contributed by atoms with E-state index in [0.717, 1.165) is 31.8 Å². The summed E-state index contributed by atoms with van der Waals surface area (Å²) in [5, 5.41) is 8.55. The second kappa shape index (κ2) is 6.36. The van der Waals surface area contributed by atoms with Crippen molar-refractivity contribution in [1.29, 1.82) is 0 Å². The largest absolute Gasteiger partial charge is 0.481 e. The van der Waals surface area contributed by atoms with Gasteiger partial charge in [0, 0.05) is 32.1 Å². The first-order valence-corrected chi connectivity index (χ1v) is 6.94. The summed E-state index contributed by atoms with van der Waals surface area (Å²) in [5.74, 6) is -0.662. The van der Waals surface area contributed by atoms with Gasteiger partial charge in [0.05, 0.1) is 0 Å². The van der Waals surface area contributed by atoms with Crippen LogP contribution in [0.1, 0.15) is 38.5 Å². The fourth-order valence-corrected chi connectivity index (χ4v) is 3.05. The number of fused-ring (bicyclic) bond motifs is 1. The Morgan fingerprint density at radius 3 is 2.88 bits per heavy atom. The molecule has 1 atom stereocenters. The van der Waals surface area contributed by atoms with Crippen molar-refractivity contribution < 1.29 is 9.90 Å². The first-order chi connectivity index (χ1) is 8.25. The topological polar surface area (TPSA) is 43.8 Å². The quantitative estimate of drug-likeness (QED) is 0.713. The van der Waals surface area contributed by atoms with E-state index in [-0.39, 0.29) is 0 Å². The predicted molar refractivity (Wildman–Crippen MR) is 67.1 cm³/mol.